The van der Waals surface area contributed by atoms with Crippen molar-refractivity contribution in [1.82, 2.24) is 19.4 Å². The molecule has 0 bridgehead atoms. The summed E-state index contributed by atoms with van der Waals surface area (Å²) in [6, 6.07) is 2.57. The van der Waals surface area contributed by atoms with Crippen LogP contribution in [-0.2, 0) is 23.1 Å². The number of amides is 1. The van der Waals surface area contributed by atoms with E-state index in [9.17, 15) is 13.2 Å². The van der Waals surface area contributed by atoms with Gasteiger partial charge in [0.05, 0.1) is 38.5 Å². The molecule has 1 saturated heterocycles. The van der Waals surface area contributed by atoms with Crippen molar-refractivity contribution < 1.29 is 13.2 Å². The number of nitrogens with one attached hydrogen (secondary N) is 1. The van der Waals surface area contributed by atoms with E-state index in [1.807, 2.05) is 6.92 Å². The van der Waals surface area contributed by atoms with Gasteiger partial charge in [-0.15, -0.1) is 0 Å². The molecular formula is C18H21BrCl2N4O3S. The minimum absolute atomic E-state index is 0.00364. The first kappa shape index (κ1) is 22.6. The molecule has 158 valence electrons. The van der Waals surface area contributed by atoms with Crippen LogP contribution in [0.2, 0.25) is 10.0 Å². The third-order valence-electron chi connectivity index (χ3n) is 4.81. The van der Waals surface area contributed by atoms with Crippen molar-refractivity contribution in [2.24, 2.45) is 0 Å². The number of benzene rings is 1. The summed E-state index contributed by atoms with van der Waals surface area (Å²) < 4.78 is 30.0. The number of sulfonamides is 1. The quantitative estimate of drug-likeness (QED) is 0.618. The highest BCUT2D eigenvalue weighted by Gasteiger charge is 2.29. The van der Waals surface area contributed by atoms with Crippen LogP contribution in [0.15, 0.2) is 27.7 Å². The molecule has 0 saturated carbocycles. The first-order chi connectivity index (χ1) is 13.8. The molecule has 1 fully saturated rings. The number of piperidine rings is 1. The Kier molecular flexibility index (Phi) is 7.27. The number of carbonyl (C=O) groups is 1. The predicted octanol–water partition coefficient (Wildman–Crippen LogP) is 4.08. The first-order valence-electron chi connectivity index (χ1n) is 9.23. The molecule has 29 heavy (non-hydrogen) atoms. The standard InChI is InChI=1S/C18H21BrCl2N4O3S/c1-2-25-16(13(19)10-23-25)11-22-18(26)12-8-17(15(21)9-14(12)20)29(27,28)24-6-4-3-5-7-24/h8-10H,2-7,11H2,1H3,(H,22,26). The summed E-state index contributed by atoms with van der Waals surface area (Å²) in [5, 5.41) is 7.07. The Labute approximate surface area is 188 Å². The highest BCUT2D eigenvalue weighted by molar-refractivity contribution is 9.10. The summed E-state index contributed by atoms with van der Waals surface area (Å²) >= 11 is 15.8. The van der Waals surface area contributed by atoms with E-state index in [-0.39, 0.29) is 27.0 Å². The lowest BCUT2D eigenvalue weighted by Gasteiger charge is -2.26. The van der Waals surface area contributed by atoms with E-state index in [1.54, 1.807) is 10.9 Å². The zero-order valence-electron chi connectivity index (χ0n) is 15.8. The van der Waals surface area contributed by atoms with Gasteiger partial charge in [-0.1, -0.05) is 29.6 Å². The normalized spacial score (nSPS) is 15.4. The van der Waals surface area contributed by atoms with Crippen molar-refractivity contribution in [3.05, 3.63) is 44.1 Å². The summed E-state index contributed by atoms with van der Waals surface area (Å²) in [6.45, 7) is 3.69. The molecule has 0 aliphatic carbocycles. The molecule has 7 nitrogen and oxygen atoms in total. The van der Waals surface area contributed by atoms with Crippen LogP contribution >= 0.6 is 39.1 Å². The third-order valence-corrected chi connectivity index (χ3v) is 8.15. The highest BCUT2D eigenvalue weighted by atomic mass is 79.9. The van der Waals surface area contributed by atoms with E-state index in [0.717, 1.165) is 29.4 Å². The van der Waals surface area contributed by atoms with Gasteiger partial charge in [0.2, 0.25) is 10.0 Å². The second-order valence-electron chi connectivity index (χ2n) is 6.66. The minimum Gasteiger partial charge on any atom is -0.346 e. The second-order valence-corrected chi connectivity index (χ2v) is 10.2. The Morgan fingerprint density at radius 1 is 1.21 bits per heavy atom. The van der Waals surface area contributed by atoms with Crippen LogP contribution in [0.1, 0.15) is 42.2 Å². The number of carbonyl (C=O) groups excluding carboxylic acids is 1. The van der Waals surface area contributed by atoms with Gasteiger partial charge in [-0.3, -0.25) is 9.48 Å². The predicted molar refractivity (Wildman–Crippen MR) is 116 cm³/mol. The molecule has 2 heterocycles. The second kappa shape index (κ2) is 9.34. The van der Waals surface area contributed by atoms with Gasteiger partial charge < -0.3 is 5.32 Å². The van der Waals surface area contributed by atoms with Crippen LogP contribution in [0.5, 0.6) is 0 Å². The zero-order chi connectivity index (χ0) is 21.2. The molecular weight excluding hydrogens is 503 g/mol. The van der Waals surface area contributed by atoms with Crippen molar-refractivity contribution in [2.45, 2.75) is 44.2 Å². The number of rotatable bonds is 6. The average molecular weight is 524 g/mol. The summed E-state index contributed by atoms with van der Waals surface area (Å²) in [4.78, 5) is 12.6. The van der Waals surface area contributed by atoms with E-state index < -0.39 is 15.9 Å². The molecule has 1 N–H and O–H groups in total. The fourth-order valence-electron chi connectivity index (χ4n) is 3.24. The van der Waals surface area contributed by atoms with Gasteiger partial charge in [0.15, 0.2) is 0 Å². The molecule has 1 aliphatic rings. The summed E-state index contributed by atoms with van der Waals surface area (Å²) in [7, 11) is -3.80. The fraction of sp³-hybridized carbons (Fsp3) is 0.444. The molecule has 1 aromatic carbocycles. The maximum absolute atomic E-state index is 13.0. The van der Waals surface area contributed by atoms with Crippen molar-refractivity contribution >= 4 is 55.1 Å². The van der Waals surface area contributed by atoms with Crippen LogP contribution in [-0.4, -0.2) is 41.5 Å². The van der Waals surface area contributed by atoms with Gasteiger partial charge in [-0.2, -0.15) is 9.40 Å². The monoisotopic (exact) mass is 522 g/mol. The average Bonchev–Trinajstić information content (AvgIpc) is 3.06. The number of aryl methyl sites for hydroxylation is 1. The number of hydrogen-bond donors (Lipinski definition) is 1. The largest absolute Gasteiger partial charge is 0.346 e. The van der Waals surface area contributed by atoms with E-state index >= 15 is 0 Å². The Bertz CT molecular complexity index is 1020. The Balaban J connectivity index is 1.86. The molecule has 3 rings (SSSR count). The highest BCUT2D eigenvalue weighted by Crippen LogP contribution is 2.32. The summed E-state index contributed by atoms with van der Waals surface area (Å²) in [6.07, 6.45) is 4.26. The van der Waals surface area contributed by atoms with Crippen LogP contribution in [0.3, 0.4) is 0 Å². The van der Waals surface area contributed by atoms with Crippen molar-refractivity contribution in [3.8, 4) is 0 Å². The lowest BCUT2D eigenvalue weighted by Crippen LogP contribution is -2.36. The maximum atomic E-state index is 13.0. The molecule has 11 heteroatoms. The van der Waals surface area contributed by atoms with Gasteiger partial charge >= 0.3 is 0 Å². The minimum atomic E-state index is -3.80. The van der Waals surface area contributed by atoms with E-state index in [2.05, 4.69) is 26.3 Å². The van der Waals surface area contributed by atoms with Crippen LogP contribution in [0.4, 0.5) is 0 Å². The molecule has 0 atom stereocenters. The lowest BCUT2D eigenvalue weighted by molar-refractivity contribution is 0.0949. The first-order valence-corrected chi connectivity index (χ1v) is 12.2. The van der Waals surface area contributed by atoms with Crippen molar-refractivity contribution in [2.75, 3.05) is 13.1 Å². The molecule has 0 spiro atoms. The van der Waals surface area contributed by atoms with E-state index in [1.165, 1.54) is 16.4 Å². The zero-order valence-corrected chi connectivity index (χ0v) is 19.7. The third kappa shape index (κ3) is 4.80. The molecule has 1 aliphatic heterocycles. The van der Waals surface area contributed by atoms with Crippen LogP contribution < -0.4 is 5.32 Å². The molecule has 1 amide bonds. The number of nitrogens with zero attached hydrogens (tertiary/aromatic N) is 3. The smallest absolute Gasteiger partial charge is 0.253 e. The van der Waals surface area contributed by atoms with Crippen LogP contribution in [0, 0.1) is 0 Å². The lowest BCUT2D eigenvalue weighted by atomic mass is 10.2. The van der Waals surface area contributed by atoms with Gasteiger partial charge in [0.1, 0.15) is 4.90 Å². The Morgan fingerprint density at radius 3 is 2.55 bits per heavy atom. The Morgan fingerprint density at radius 2 is 1.90 bits per heavy atom. The molecule has 0 radical (unpaired) electrons. The Hall–Kier alpha value is -1.13. The number of halogens is 3. The summed E-state index contributed by atoms with van der Waals surface area (Å²) in [5.41, 5.74) is 0.859. The topological polar surface area (TPSA) is 84.3 Å². The van der Waals surface area contributed by atoms with Gasteiger partial charge in [-0.25, -0.2) is 8.42 Å². The van der Waals surface area contributed by atoms with E-state index in [4.69, 9.17) is 23.2 Å². The van der Waals surface area contributed by atoms with Crippen LogP contribution in [0.25, 0.3) is 0 Å². The van der Waals surface area contributed by atoms with Crippen molar-refractivity contribution in [1.29, 1.82) is 0 Å². The van der Waals surface area contributed by atoms with Crippen molar-refractivity contribution in [3.63, 3.8) is 0 Å². The number of hydrogen-bond acceptors (Lipinski definition) is 4. The van der Waals surface area contributed by atoms with Gasteiger partial charge in [0, 0.05) is 19.6 Å². The molecule has 0 unspecified atom stereocenters. The SMILES string of the molecule is CCn1ncc(Br)c1CNC(=O)c1cc(S(=O)(=O)N2CCCCC2)c(Cl)cc1Cl. The summed E-state index contributed by atoms with van der Waals surface area (Å²) in [5.74, 6) is -0.488. The molecule has 2 aromatic rings. The van der Waals surface area contributed by atoms with Gasteiger partial charge in [0.25, 0.3) is 5.91 Å². The van der Waals surface area contributed by atoms with Gasteiger partial charge in [-0.05, 0) is 47.8 Å². The fourth-order valence-corrected chi connectivity index (χ4v) is 6.03. The number of aromatic nitrogens is 2. The molecule has 1 aromatic heterocycles. The van der Waals surface area contributed by atoms with E-state index in [0.29, 0.717) is 19.6 Å². The maximum Gasteiger partial charge on any atom is 0.253 e.